The standard InChI is InChI=1S/C22H16N2O6/c25-20(14-3-4-15-17(10-14)30-12-29-15)18-19(16-2-1-9-28-16)24(22(27)21(18)26)11-13-5-7-23-8-6-13/h1-10,19,25H,11-12H2/b20-18-. The molecule has 4 heterocycles. The highest BCUT2D eigenvalue weighted by atomic mass is 16.7. The summed E-state index contributed by atoms with van der Waals surface area (Å²) in [4.78, 5) is 31.2. The summed E-state index contributed by atoms with van der Waals surface area (Å²) in [5.74, 6) is -0.404. The summed E-state index contributed by atoms with van der Waals surface area (Å²) in [6.45, 7) is 0.249. The monoisotopic (exact) mass is 404 g/mol. The van der Waals surface area contributed by atoms with Gasteiger partial charge in [0, 0.05) is 24.5 Å². The van der Waals surface area contributed by atoms with Crippen molar-refractivity contribution < 1.29 is 28.6 Å². The van der Waals surface area contributed by atoms with E-state index in [2.05, 4.69) is 4.98 Å². The summed E-state index contributed by atoms with van der Waals surface area (Å²) >= 11 is 0. The highest BCUT2D eigenvalue weighted by Crippen LogP contribution is 2.42. The molecule has 0 radical (unpaired) electrons. The number of nitrogens with zero attached hydrogens (tertiary/aromatic N) is 2. The van der Waals surface area contributed by atoms with Crippen LogP contribution < -0.4 is 9.47 Å². The van der Waals surface area contributed by atoms with Crippen molar-refractivity contribution in [3.63, 3.8) is 0 Å². The second-order valence-electron chi connectivity index (χ2n) is 6.87. The van der Waals surface area contributed by atoms with Gasteiger partial charge in [0.2, 0.25) is 6.79 Å². The second kappa shape index (κ2) is 7.07. The van der Waals surface area contributed by atoms with Crippen molar-refractivity contribution in [3.8, 4) is 11.5 Å². The van der Waals surface area contributed by atoms with Crippen LogP contribution >= 0.6 is 0 Å². The topological polar surface area (TPSA) is 102 Å². The first-order valence-electron chi connectivity index (χ1n) is 9.24. The van der Waals surface area contributed by atoms with Crippen LogP contribution in [0.15, 0.2) is 71.1 Å². The lowest BCUT2D eigenvalue weighted by atomic mass is 9.99. The molecule has 1 amide bonds. The van der Waals surface area contributed by atoms with Gasteiger partial charge in [0.1, 0.15) is 17.6 Å². The number of benzene rings is 1. The summed E-state index contributed by atoms with van der Waals surface area (Å²) in [6, 6.07) is 10.8. The number of Topliss-reactive ketones (excluding diaryl/α,β-unsaturated/α-hetero) is 1. The lowest BCUT2D eigenvalue weighted by Gasteiger charge is -2.23. The van der Waals surface area contributed by atoms with E-state index in [1.54, 1.807) is 54.9 Å². The van der Waals surface area contributed by atoms with E-state index < -0.39 is 17.7 Å². The summed E-state index contributed by atoms with van der Waals surface area (Å²) in [5, 5.41) is 11.0. The van der Waals surface area contributed by atoms with Gasteiger partial charge in [-0.15, -0.1) is 0 Å². The minimum Gasteiger partial charge on any atom is -0.507 e. The first-order chi connectivity index (χ1) is 14.6. The smallest absolute Gasteiger partial charge is 0.296 e. The Bertz CT molecular complexity index is 1150. The van der Waals surface area contributed by atoms with Gasteiger partial charge in [-0.25, -0.2) is 0 Å². The van der Waals surface area contributed by atoms with E-state index in [-0.39, 0.29) is 24.7 Å². The second-order valence-corrected chi connectivity index (χ2v) is 6.87. The number of ether oxygens (including phenoxy) is 2. The third kappa shape index (κ3) is 2.89. The van der Waals surface area contributed by atoms with Crippen LogP contribution in [-0.2, 0) is 16.1 Å². The number of amides is 1. The Morgan fingerprint density at radius 2 is 1.90 bits per heavy atom. The quantitative estimate of drug-likeness (QED) is 0.405. The number of ketones is 1. The van der Waals surface area contributed by atoms with Gasteiger partial charge in [-0.3, -0.25) is 14.6 Å². The van der Waals surface area contributed by atoms with Crippen molar-refractivity contribution >= 4 is 17.4 Å². The minimum atomic E-state index is -0.862. The Kier molecular flexibility index (Phi) is 4.24. The van der Waals surface area contributed by atoms with Crippen molar-refractivity contribution in [2.75, 3.05) is 6.79 Å². The number of likely N-dealkylation sites (tertiary alicyclic amines) is 1. The molecule has 8 heteroatoms. The Balaban J connectivity index is 1.61. The van der Waals surface area contributed by atoms with Crippen molar-refractivity contribution in [1.29, 1.82) is 0 Å². The van der Waals surface area contributed by atoms with E-state index in [1.807, 2.05) is 0 Å². The first-order valence-corrected chi connectivity index (χ1v) is 9.24. The van der Waals surface area contributed by atoms with E-state index in [9.17, 15) is 14.7 Å². The van der Waals surface area contributed by atoms with Gasteiger partial charge in [-0.1, -0.05) is 0 Å². The molecule has 0 spiro atoms. The molecule has 1 aromatic carbocycles. The summed E-state index contributed by atoms with van der Waals surface area (Å²) in [6.07, 6.45) is 4.68. The molecule has 5 rings (SSSR count). The van der Waals surface area contributed by atoms with Gasteiger partial charge < -0.3 is 23.9 Å². The van der Waals surface area contributed by atoms with Gasteiger partial charge in [0.05, 0.1) is 11.8 Å². The predicted octanol–water partition coefficient (Wildman–Crippen LogP) is 3.03. The van der Waals surface area contributed by atoms with Crippen LogP contribution in [0.5, 0.6) is 11.5 Å². The molecular formula is C22H16N2O6. The minimum absolute atomic E-state index is 0.0390. The molecule has 2 aromatic heterocycles. The summed E-state index contributed by atoms with van der Waals surface area (Å²) in [5.41, 5.74) is 1.10. The van der Waals surface area contributed by atoms with Crippen LogP contribution in [0.25, 0.3) is 5.76 Å². The SMILES string of the molecule is O=C1C(=O)N(Cc2ccncc2)C(c2ccco2)/C1=C(/O)c1ccc2c(c1)OCO2. The average Bonchev–Trinajstić information content (AvgIpc) is 3.50. The third-order valence-electron chi connectivity index (χ3n) is 5.10. The Labute approximate surface area is 171 Å². The Morgan fingerprint density at radius 1 is 1.10 bits per heavy atom. The van der Waals surface area contributed by atoms with Crippen LogP contribution in [0.4, 0.5) is 0 Å². The molecule has 1 fully saturated rings. The van der Waals surface area contributed by atoms with Crippen molar-refractivity contribution in [3.05, 3.63) is 83.6 Å². The average molecular weight is 404 g/mol. The molecule has 2 aliphatic heterocycles. The molecule has 0 saturated carbocycles. The zero-order valence-electron chi connectivity index (χ0n) is 15.6. The molecule has 1 atom stereocenters. The predicted molar refractivity (Wildman–Crippen MR) is 103 cm³/mol. The fourth-order valence-electron chi connectivity index (χ4n) is 3.67. The number of fused-ring (bicyclic) bond motifs is 1. The third-order valence-corrected chi connectivity index (χ3v) is 5.10. The van der Waals surface area contributed by atoms with Gasteiger partial charge in [-0.2, -0.15) is 0 Å². The van der Waals surface area contributed by atoms with Crippen LogP contribution in [0.3, 0.4) is 0 Å². The fourth-order valence-corrected chi connectivity index (χ4v) is 3.67. The van der Waals surface area contributed by atoms with E-state index >= 15 is 0 Å². The first kappa shape index (κ1) is 18.0. The zero-order valence-corrected chi connectivity index (χ0v) is 15.6. The lowest BCUT2D eigenvalue weighted by molar-refractivity contribution is -0.140. The van der Waals surface area contributed by atoms with Gasteiger partial charge in [-0.05, 0) is 48.0 Å². The molecule has 8 nitrogen and oxygen atoms in total. The molecule has 1 saturated heterocycles. The number of carbonyl (C=O) groups excluding carboxylic acids is 2. The molecule has 150 valence electrons. The normalized spacial score (nSPS) is 19.5. The number of carbonyl (C=O) groups is 2. The largest absolute Gasteiger partial charge is 0.507 e. The molecule has 3 aromatic rings. The maximum absolute atomic E-state index is 12.9. The van der Waals surface area contributed by atoms with E-state index in [1.165, 1.54) is 11.2 Å². The number of rotatable bonds is 4. The fraction of sp³-hybridized carbons (Fsp3) is 0.136. The summed E-state index contributed by atoms with van der Waals surface area (Å²) < 4.78 is 16.2. The lowest BCUT2D eigenvalue weighted by Crippen LogP contribution is -2.29. The maximum Gasteiger partial charge on any atom is 0.296 e. The van der Waals surface area contributed by atoms with Crippen molar-refractivity contribution in [1.82, 2.24) is 9.88 Å². The van der Waals surface area contributed by atoms with Crippen molar-refractivity contribution in [2.24, 2.45) is 0 Å². The molecule has 1 N–H and O–H groups in total. The van der Waals surface area contributed by atoms with E-state index in [4.69, 9.17) is 13.9 Å². The van der Waals surface area contributed by atoms with Crippen LogP contribution in [-0.4, -0.2) is 33.5 Å². The maximum atomic E-state index is 12.9. The number of hydrogen-bond acceptors (Lipinski definition) is 7. The molecule has 0 aliphatic carbocycles. The van der Waals surface area contributed by atoms with E-state index in [0.717, 1.165) is 5.56 Å². The number of aliphatic hydroxyl groups is 1. The molecule has 0 bridgehead atoms. The molecule has 30 heavy (non-hydrogen) atoms. The van der Waals surface area contributed by atoms with Gasteiger partial charge in [0.15, 0.2) is 11.5 Å². The highest BCUT2D eigenvalue weighted by Gasteiger charge is 2.47. The number of aliphatic hydroxyl groups excluding tert-OH is 1. The van der Waals surface area contributed by atoms with Gasteiger partial charge >= 0.3 is 0 Å². The number of pyridine rings is 1. The van der Waals surface area contributed by atoms with Crippen LogP contribution in [0.1, 0.15) is 22.9 Å². The van der Waals surface area contributed by atoms with E-state index in [0.29, 0.717) is 22.8 Å². The summed E-state index contributed by atoms with van der Waals surface area (Å²) in [7, 11) is 0. The van der Waals surface area contributed by atoms with Crippen LogP contribution in [0, 0.1) is 0 Å². The number of furan rings is 1. The molecule has 2 aliphatic rings. The Hall–Kier alpha value is -4.07. The van der Waals surface area contributed by atoms with Crippen LogP contribution in [0.2, 0.25) is 0 Å². The van der Waals surface area contributed by atoms with Gasteiger partial charge in [0.25, 0.3) is 11.7 Å². The number of hydrogen-bond donors (Lipinski definition) is 1. The highest BCUT2D eigenvalue weighted by molar-refractivity contribution is 6.46. The van der Waals surface area contributed by atoms with Crippen molar-refractivity contribution in [2.45, 2.75) is 12.6 Å². The zero-order chi connectivity index (χ0) is 20.7. The molecule has 1 unspecified atom stereocenters. The molecular weight excluding hydrogens is 388 g/mol. The number of aromatic nitrogens is 1. The Morgan fingerprint density at radius 3 is 2.67 bits per heavy atom.